The van der Waals surface area contributed by atoms with Crippen LogP contribution in [0, 0.1) is 3.57 Å². The van der Waals surface area contributed by atoms with Gasteiger partial charge in [0, 0.05) is 16.6 Å². The van der Waals surface area contributed by atoms with Gasteiger partial charge in [-0.25, -0.2) is 0 Å². The lowest BCUT2D eigenvalue weighted by Gasteiger charge is -2.06. The highest BCUT2D eigenvalue weighted by Crippen LogP contribution is 2.22. The molecule has 0 amide bonds. The van der Waals surface area contributed by atoms with Crippen LogP contribution < -0.4 is 4.74 Å². The van der Waals surface area contributed by atoms with E-state index in [1.54, 1.807) is 0 Å². The van der Waals surface area contributed by atoms with Gasteiger partial charge in [0.1, 0.15) is 5.75 Å². The van der Waals surface area contributed by atoms with E-state index in [1.807, 2.05) is 12.1 Å². The fourth-order valence-corrected chi connectivity index (χ4v) is 2.05. The molecule has 0 unspecified atom stereocenters. The molecule has 2 rings (SSSR count). The zero-order valence-electron chi connectivity index (χ0n) is 8.82. The molecule has 0 spiro atoms. The Labute approximate surface area is 108 Å². The number of halogens is 1. The molecule has 0 fully saturated rings. The molecule has 0 radical (unpaired) electrons. The Bertz CT molecular complexity index is 482. The van der Waals surface area contributed by atoms with Crippen molar-refractivity contribution in [1.82, 2.24) is 0 Å². The van der Waals surface area contributed by atoms with Crippen LogP contribution >= 0.6 is 22.6 Å². The third kappa shape index (κ3) is 2.86. The molecule has 2 aromatic rings. The summed E-state index contributed by atoms with van der Waals surface area (Å²) in [5.74, 6) is 0.863. The number of benzene rings is 2. The lowest BCUT2D eigenvalue weighted by Crippen LogP contribution is -1.99. The molecule has 0 aliphatic carbocycles. The maximum atomic E-state index is 8.67. The van der Waals surface area contributed by atoms with Crippen molar-refractivity contribution in [3.05, 3.63) is 40.0 Å². The fourth-order valence-electron chi connectivity index (χ4n) is 1.54. The Morgan fingerprint density at radius 2 is 1.81 bits per heavy atom. The maximum absolute atomic E-state index is 8.67. The van der Waals surface area contributed by atoms with Crippen LogP contribution in [0.1, 0.15) is 6.42 Å². The Kier molecular flexibility index (Phi) is 4.01. The molecule has 84 valence electrons. The van der Waals surface area contributed by atoms with Gasteiger partial charge in [-0.15, -0.1) is 0 Å². The van der Waals surface area contributed by atoms with Crippen LogP contribution in [-0.2, 0) is 0 Å². The highest BCUT2D eigenvalue weighted by atomic mass is 127. The van der Waals surface area contributed by atoms with Crippen LogP contribution in [0.2, 0.25) is 0 Å². The summed E-state index contributed by atoms with van der Waals surface area (Å²) in [5.41, 5.74) is 0. The van der Waals surface area contributed by atoms with E-state index in [1.165, 1.54) is 14.3 Å². The number of aliphatic hydroxyl groups excluding tert-OH is 1. The van der Waals surface area contributed by atoms with Gasteiger partial charge in [-0.2, -0.15) is 0 Å². The van der Waals surface area contributed by atoms with Gasteiger partial charge in [0.2, 0.25) is 0 Å². The second kappa shape index (κ2) is 5.50. The van der Waals surface area contributed by atoms with Crippen molar-refractivity contribution in [3.8, 4) is 5.75 Å². The minimum atomic E-state index is 0.172. The Morgan fingerprint density at radius 3 is 2.62 bits per heavy atom. The monoisotopic (exact) mass is 328 g/mol. The predicted octanol–water partition coefficient (Wildman–Crippen LogP) is 3.21. The van der Waals surface area contributed by atoms with E-state index >= 15 is 0 Å². The van der Waals surface area contributed by atoms with Crippen LogP contribution in [0.4, 0.5) is 0 Å². The van der Waals surface area contributed by atoms with Crippen LogP contribution in [0.3, 0.4) is 0 Å². The van der Waals surface area contributed by atoms with Gasteiger partial charge in [-0.1, -0.05) is 12.1 Å². The molecule has 0 aliphatic rings. The van der Waals surface area contributed by atoms with Gasteiger partial charge in [0.25, 0.3) is 0 Å². The van der Waals surface area contributed by atoms with Gasteiger partial charge < -0.3 is 9.84 Å². The number of aliphatic hydroxyl groups is 1. The maximum Gasteiger partial charge on any atom is 0.119 e. The van der Waals surface area contributed by atoms with Gasteiger partial charge in [-0.3, -0.25) is 0 Å². The lowest BCUT2D eigenvalue weighted by atomic mass is 10.1. The molecular weight excluding hydrogens is 315 g/mol. The number of hydrogen-bond donors (Lipinski definition) is 1. The molecule has 0 bridgehead atoms. The van der Waals surface area contributed by atoms with E-state index in [2.05, 4.69) is 46.9 Å². The topological polar surface area (TPSA) is 29.5 Å². The summed E-state index contributed by atoms with van der Waals surface area (Å²) in [7, 11) is 0. The summed E-state index contributed by atoms with van der Waals surface area (Å²) in [6.45, 7) is 0.734. The zero-order valence-corrected chi connectivity index (χ0v) is 11.0. The van der Waals surface area contributed by atoms with Crippen LogP contribution in [0.15, 0.2) is 36.4 Å². The summed E-state index contributed by atoms with van der Waals surface area (Å²) in [6.07, 6.45) is 0.671. The first-order valence-corrected chi connectivity index (χ1v) is 6.30. The fraction of sp³-hybridized carbons (Fsp3) is 0.231. The van der Waals surface area contributed by atoms with E-state index in [-0.39, 0.29) is 6.61 Å². The Hall–Kier alpha value is -0.810. The normalized spacial score (nSPS) is 10.6. The Morgan fingerprint density at radius 1 is 1.06 bits per heavy atom. The minimum absolute atomic E-state index is 0.172. The van der Waals surface area contributed by atoms with E-state index < -0.39 is 0 Å². The first kappa shape index (κ1) is 11.7. The first-order chi connectivity index (χ1) is 7.79. The first-order valence-electron chi connectivity index (χ1n) is 5.22. The lowest BCUT2D eigenvalue weighted by molar-refractivity contribution is 0.234. The summed E-state index contributed by atoms with van der Waals surface area (Å²) in [4.78, 5) is 0. The molecule has 0 heterocycles. The Balaban J connectivity index is 2.20. The molecule has 1 N–H and O–H groups in total. The molecule has 0 aliphatic heterocycles. The van der Waals surface area contributed by atoms with Crippen molar-refractivity contribution in [1.29, 1.82) is 0 Å². The molecule has 0 atom stereocenters. The van der Waals surface area contributed by atoms with E-state index in [0.717, 1.165) is 5.75 Å². The van der Waals surface area contributed by atoms with Gasteiger partial charge in [0.15, 0.2) is 0 Å². The third-order valence-electron chi connectivity index (χ3n) is 2.34. The van der Waals surface area contributed by atoms with Crippen LogP contribution in [-0.4, -0.2) is 18.3 Å². The van der Waals surface area contributed by atoms with Crippen molar-refractivity contribution in [3.63, 3.8) is 0 Å². The number of ether oxygens (including phenoxy) is 1. The molecule has 2 aromatic carbocycles. The van der Waals surface area contributed by atoms with Crippen molar-refractivity contribution >= 4 is 33.4 Å². The molecule has 2 nitrogen and oxygen atoms in total. The van der Waals surface area contributed by atoms with Crippen molar-refractivity contribution in [2.75, 3.05) is 13.2 Å². The predicted molar refractivity (Wildman–Crippen MR) is 73.9 cm³/mol. The summed E-state index contributed by atoms with van der Waals surface area (Å²) >= 11 is 2.31. The van der Waals surface area contributed by atoms with E-state index in [0.29, 0.717) is 13.0 Å². The minimum Gasteiger partial charge on any atom is -0.493 e. The molecular formula is C13H13IO2. The number of hydrogen-bond acceptors (Lipinski definition) is 2. The summed E-state index contributed by atoms with van der Waals surface area (Å²) < 4.78 is 6.76. The van der Waals surface area contributed by atoms with Crippen LogP contribution in [0.25, 0.3) is 10.8 Å². The molecule has 0 aromatic heterocycles. The van der Waals surface area contributed by atoms with Crippen LogP contribution in [0.5, 0.6) is 5.75 Å². The molecule has 3 heteroatoms. The smallest absolute Gasteiger partial charge is 0.119 e. The summed E-state index contributed by atoms with van der Waals surface area (Å²) in [5, 5.41) is 11.1. The highest BCUT2D eigenvalue weighted by molar-refractivity contribution is 14.1. The summed E-state index contributed by atoms with van der Waals surface area (Å²) in [6, 6.07) is 12.4. The number of rotatable bonds is 4. The largest absolute Gasteiger partial charge is 0.493 e. The van der Waals surface area contributed by atoms with E-state index in [9.17, 15) is 0 Å². The molecule has 0 saturated heterocycles. The standard InChI is InChI=1S/C13H13IO2/c14-12-4-2-11-9-13(16-7-1-6-15)5-3-10(11)8-12/h2-5,8-9,15H,1,6-7H2. The van der Waals surface area contributed by atoms with Crippen molar-refractivity contribution in [2.24, 2.45) is 0 Å². The van der Waals surface area contributed by atoms with E-state index in [4.69, 9.17) is 9.84 Å². The van der Waals surface area contributed by atoms with Crippen molar-refractivity contribution < 1.29 is 9.84 Å². The quantitative estimate of drug-likeness (QED) is 0.690. The third-order valence-corrected chi connectivity index (χ3v) is 3.02. The SMILES string of the molecule is OCCCOc1ccc2cc(I)ccc2c1. The van der Waals surface area contributed by atoms with Crippen molar-refractivity contribution in [2.45, 2.75) is 6.42 Å². The highest BCUT2D eigenvalue weighted by Gasteiger charge is 1.98. The molecule has 16 heavy (non-hydrogen) atoms. The average Bonchev–Trinajstić information content (AvgIpc) is 2.29. The van der Waals surface area contributed by atoms with Gasteiger partial charge in [-0.05, 0) is 57.6 Å². The second-order valence-electron chi connectivity index (χ2n) is 3.58. The van der Waals surface area contributed by atoms with Gasteiger partial charge in [0.05, 0.1) is 6.61 Å². The average molecular weight is 328 g/mol. The zero-order chi connectivity index (χ0) is 11.4. The van der Waals surface area contributed by atoms with Gasteiger partial charge >= 0.3 is 0 Å². The number of fused-ring (bicyclic) bond motifs is 1. The second-order valence-corrected chi connectivity index (χ2v) is 4.82. The molecule has 0 saturated carbocycles.